The number of hydrogen-bond acceptors (Lipinski definition) is 1. The van der Waals surface area contributed by atoms with E-state index in [-0.39, 0.29) is 5.82 Å². The average Bonchev–Trinajstić information content (AvgIpc) is 2.41. The summed E-state index contributed by atoms with van der Waals surface area (Å²) in [5.41, 5.74) is 1.54. The van der Waals surface area contributed by atoms with Crippen molar-refractivity contribution >= 4 is 43.5 Å². The molecule has 100 valence electrons. The molecule has 0 aromatic heterocycles. The van der Waals surface area contributed by atoms with Gasteiger partial charge in [-0.25, -0.2) is 4.39 Å². The molecule has 0 amide bonds. The molecule has 19 heavy (non-hydrogen) atoms. The van der Waals surface area contributed by atoms with E-state index in [2.05, 4.69) is 31.9 Å². The Labute approximate surface area is 133 Å². The van der Waals surface area contributed by atoms with Gasteiger partial charge in [-0.05, 0) is 45.3 Å². The molecule has 5 heteroatoms. The van der Waals surface area contributed by atoms with Crippen LogP contribution in [0.1, 0.15) is 16.5 Å². The van der Waals surface area contributed by atoms with E-state index >= 15 is 0 Å². The first-order chi connectivity index (χ1) is 9.04. The van der Waals surface area contributed by atoms with Crippen molar-refractivity contribution in [2.75, 3.05) is 7.11 Å². The van der Waals surface area contributed by atoms with Crippen LogP contribution >= 0.6 is 43.5 Å². The Morgan fingerprint density at radius 1 is 1.16 bits per heavy atom. The number of rotatable bonds is 3. The van der Waals surface area contributed by atoms with E-state index in [0.29, 0.717) is 10.0 Å². The van der Waals surface area contributed by atoms with Gasteiger partial charge in [0.25, 0.3) is 0 Å². The van der Waals surface area contributed by atoms with Crippen LogP contribution in [-0.4, -0.2) is 7.11 Å². The fourth-order valence-electron chi connectivity index (χ4n) is 1.72. The standard InChI is InChI=1S/C14H10Br2ClFO/c1-19-8-5-6-9(11(15)7-8)14(17)10-3-2-4-12(18)13(10)16/h2-7,14H,1H3. The SMILES string of the molecule is COc1ccc(C(Cl)c2cccc(F)c2Br)c(Br)c1. The molecule has 1 atom stereocenters. The van der Waals surface area contributed by atoms with Crippen molar-refractivity contribution in [1.29, 1.82) is 0 Å². The molecule has 0 aliphatic rings. The molecule has 2 rings (SSSR count). The van der Waals surface area contributed by atoms with Gasteiger partial charge in [-0.3, -0.25) is 0 Å². The zero-order valence-corrected chi connectivity index (χ0v) is 13.9. The van der Waals surface area contributed by atoms with Crippen LogP contribution in [0.4, 0.5) is 4.39 Å². The summed E-state index contributed by atoms with van der Waals surface area (Å²) in [6, 6.07) is 10.3. The van der Waals surface area contributed by atoms with Crippen LogP contribution in [0.5, 0.6) is 5.75 Å². The fourth-order valence-corrected chi connectivity index (χ4v) is 3.44. The van der Waals surface area contributed by atoms with Crippen LogP contribution in [0.15, 0.2) is 45.3 Å². The van der Waals surface area contributed by atoms with E-state index in [1.54, 1.807) is 19.2 Å². The Balaban J connectivity index is 2.44. The van der Waals surface area contributed by atoms with E-state index in [4.69, 9.17) is 16.3 Å². The lowest BCUT2D eigenvalue weighted by Gasteiger charge is -2.15. The number of hydrogen-bond donors (Lipinski definition) is 0. The molecular weight excluding hydrogens is 398 g/mol. The maximum Gasteiger partial charge on any atom is 0.137 e. The normalized spacial score (nSPS) is 12.3. The molecule has 0 spiro atoms. The van der Waals surface area contributed by atoms with E-state index in [1.807, 2.05) is 18.2 Å². The summed E-state index contributed by atoms with van der Waals surface area (Å²) < 4.78 is 19.9. The molecule has 0 saturated heterocycles. The third-order valence-electron chi connectivity index (χ3n) is 2.74. The van der Waals surface area contributed by atoms with E-state index in [0.717, 1.165) is 15.8 Å². The fraction of sp³-hybridized carbons (Fsp3) is 0.143. The maximum absolute atomic E-state index is 13.5. The van der Waals surface area contributed by atoms with Crippen molar-refractivity contribution in [3.05, 3.63) is 62.3 Å². The smallest absolute Gasteiger partial charge is 0.137 e. The van der Waals surface area contributed by atoms with Gasteiger partial charge in [-0.1, -0.05) is 34.1 Å². The van der Waals surface area contributed by atoms with Crippen LogP contribution in [0.25, 0.3) is 0 Å². The van der Waals surface area contributed by atoms with Gasteiger partial charge < -0.3 is 4.74 Å². The lowest BCUT2D eigenvalue weighted by atomic mass is 10.0. The highest BCUT2D eigenvalue weighted by molar-refractivity contribution is 9.10. The maximum atomic E-state index is 13.5. The second-order valence-corrected chi connectivity index (χ2v) is 5.98. The molecule has 2 aromatic rings. The topological polar surface area (TPSA) is 9.23 Å². The van der Waals surface area contributed by atoms with Gasteiger partial charge in [0, 0.05) is 4.47 Å². The van der Waals surface area contributed by atoms with Crippen molar-refractivity contribution in [3.8, 4) is 5.75 Å². The Morgan fingerprint density at radius 2 is 1.89 bits per heavy atom. The van der Waals surface area contributed by atoms with Gasteiger partial charge in [0.15, 0.2) is 0 Å². The monoisotopic (exact) mass is 406 g/mol. The molecule has 0 aliphatic heterocycles. The number of benzene rings is 2. The van der Waals surface area contributed by atoms with Crippen molar-refractivity contribution in [1.82, 2.24) is 0 Å². The molecule has 1 nitrogen and oxygen atoms in total. The first-order valence-electron chi connectivity index (χ1n) is 5.46. The summed E-state index contributed by atoms with van der Waals surface area (Å²) >= 11 is 13.1. The largest absolute Gasteiger partial charge is 0.497 e. The summed E-state index contributed by atoms with van der Waals surface area (Å²) in [5, 5.41) is -0.453. The zero-order chi connectivity index (χ0) is 14.0. The summed E-state index contributed by atoms with van der Waals surface area (Å²) in [4.78, 5) is 0. The second kappa shape index (κ2) is 6.25. The minimum Gasteiger partial charge on any atom is -0.497 e. The number of ether oxygens (including phenoxy) is 1. The van der Waals surface area contributed by atoms with Gasteiger partial charge in [0.2, 0.25) is 0 Å². The van der Waals surface area contributed by atoms with Crippen LogP contribution < -0.4 is 4.74 Å². The quantitative estimate of drug-likeness (QED) is 0.593. The minimum absolute atomic E-state index is 0.326. The molecule has 1 unspecified atom stereocenters. The van der Waals surface area contributed by atoms with Crippen molar-refractivity contribution in [2.24, 2.45) is 0 Å². The van der Waals surface area contributed by atoms with Gasteiger partial charge in [0.05, 0.1) is 17.0 Å². The van der Waals surface area contributed by atoms with Gasteiger partial charge >= 0.3 is 0 Å². The lowest BCUT2D eigenvalue weighted by molar-refractivity contribution is 0.414. The highest BCUT2D eigenvalue weighted by Crippen LogP contribution is 2.39. The second-order valence-electron chi connectivity index (χ2n) is 3.89. The average molecular weight is 408 g/mol. The molecule has 2 aromatic carbocycles. The highest BCUT2D eigenvalue weighted by atomic mass is 79.9. The van der Waals surface area contributed by atoms with E-state index in [9.17, 15) is 4.39 Å². The predicted molar refractivity (Wildman–Crippen MR) is 82.5 cm³/mol. The molecule has 0 fully saturated rings. The zero-order valence-electron chi connectivity index (χ0n) is 9.96. The highest BCUT2D eigenvalue weighted by Gasteiger charge is 2.18. The molecule has 0 saturated carbocycles. The molecular formula is C14H10Br2ClFO. The molecule has 0 N–H and O–H groups in total. The van der Waals surface area contributed by atoms with Crippen molar-refractivity contribution in [3.63, 3.8) is 0 Å². The lowest BCUT2D eigenvalue weighted by Crippen LogP contribution is -1.98. The van der Waals surface area contributed by atoms with E-state index in [1.165, 1.54) is 6.07 Å². The van der Waals surface area contributed by atoms with Gasteiger partial charge in [0.1, 0.15) is 11.6 Å². The van der Waals surface area contributed by atoms with Crippen LogP contribution in [0, 0.1) is 5.82 Å². The number of alkyl halides is 1. The van der Waals surface area contributed by atoms with Crippen molar-refractivity contribution < 1.29 is 9.13 Å². The first-order valence-corrected chi connectivity index (χ1v) is 7.48. The Hall–Kier alpha value is -0.580. The summed E-state index contributed by atoms with van der Waals surface area (Å²) in [5.74, 6) is 0.408. The van der Waals surface area contributed by atoms with Crippen LogP contribution in [0.2, 0.25) is 0 Å². The molecule has 0 aliphatic carbocycles. The summed E-state index contributed by atoms with van der Waals surface area (Å²) in [7, 11) is 1.60. The Morgan fingerprint density at radius 3 is 2.53 bits per heavy atom. The van der Waals surface area contributed by atoms with Crippen LogP contribution in [0.3, 0.4) is 0 Å². The molecule has 0 radical (unpaired) electrons. The van der Waals surface area contributed by atoms with Crippen LogP contribution in [-0.2, 0) is 0 Å². The molecule has 0 heterocycles. The first kappa shape index (κ1) is 14.8. The van der Waals surface area contributed by atoms with Gasteiger partial charge in [-0.15, -0.1) is 11.6 Å². The number of methoxy groups -OCH3 is 1. The predicted octanol–water partition coefficient (Wildman–Crippen LogP) is 5.69. The summed E-state index contributed by atoms with van der Waals surface area (Å²) in [6.07, 6.45) is 0. The number of halogens is 4. The van der Waals surface area contributed by atoms with Gasteiger partial charge in [-0.2, -0.15) is 0 Å². The van der Waals surface area contributed by atoms with Crippen molar-refractivity contribution in [2.45, 2.75) is 5.38 Å². The third kappa shape index (κ3) is 3.12. The Kier molecular flexibility index (Phi) is 4.87. The Bertz CT molecular complexity index is 604. The summed E-state index contributed by atoms with van der Waals surface area (Å²) in [6.45, 7) is 0. The minimum atomic E-state index is -0.453. The third-order valence-corrected chi connectivity index (χ3v) is 4.73. The van der Waals surface area contributed by atoms with E-state index < -0.39 is 5.38 Å². The molecule has 0 bridgehead atoms.